The normalized spacial score (nSPS) is 10.7. The number of rotatable bonds is 6. The van der Waals surface area contributed by atoms with Gasteiger partial charge in [0.15, 0.2) is 11.5 Å². The molecule has 0 spiro atoms. The van der Waals surface area contributed by atoms with E-state index in [2.05, 4.69) is 19.9 Å². The summed E-state index contributed by atoms with van der Waals surface area (Å²) in [4.78, 5) is 38.8. The Labute approximate surface area is 119 Å². The summed E-state index contributed by atoms with van der Waals surface area (Å²) in [6, 6.07) is 0. The maximum absolute atomic E-state index is 12.1. The van der Waals surface area contributed by atoms with Crippen LogP contribution in [-0.2, 0) is 16.0 Å². The molecule has 0 atom stereocenters. The predicted octanol–water partition coefficient (Wildman–Crippen LogP) is -1.65. The molecule has 21 heavy (non-hydrogen) atoms. The monoisotopic (exact) mass is 293 g/mol. The average molecular weight is 293 g/mol. The number of amides is 1. The summed E-state index contributed by atoms with van der Waals surface area (Å²) in [7, 11) is 0. The van der Waals surface area contributed by atoms with E-state index in [4.69, 9.17) is 16.6 Å². The fourth-order valence-corrected chi connectivity index (χ4v) is 1.84. The molecule has 2 aromatic rings. The van der Waals surface area contributed by atoms with Crippen LogP contribution in [0.4, 0.5) is 5.82 Å². The Bertz CT molecular complexity index is 669. The zero-order chi connectivity index (χ0) is 15.4. The molecule has 0 radical (unpaired) electrons. The summed E-state index contributed by atoms with van der Waals surface area (Å²) in [6.45, 7) is -0.109. The third kappa shape index (κ3) is 3.42. The van der Waals surface area contributed by atoms with Gasteiger partial charge in [-0.3, -0.25) is 9.59 Å². The minimum Gasteiger partial charge on any atom is -0.480 e. The number of hydrogen-bond donors (Lipinski definition) is 4. The van der Waals surface area contributed by atoms with Crippen molar-refractivity contribution < 1.29 is 14.7 Å². The van der Waals surface area contributed by atoms with Gasteiger partial charge >= 0.3 is 5.97 Å². The number of aliphatic carboxylic acids is 1. The molecule has 2 heterocycles. The van der Waals surface area contributed by atoms with Crippen LogP contribution in [0.2, 0.25) is 0 Å². The lowest BCUT2D eigenvalue weighted by Gasteiger charge is -2.19. The van der Waals surface area contributed by atoms with Crippen LogP contribution in [0.5, 0.6) is 0 Å². The fraction of sp³-hybridized carbons (Fsp3) is 0.364. The number of nitrogen functional groups attached to an aromatic ring is 1. The van der Waals surface area contributed by atoms with E-state index < -0.39 is 18.4 Å². The van der Waals surface area contributed by atoms with E-state index in [1.54, 1.807) is 0 Å². The van der Waals surface area contributed by atoms with Gasteiger partial charge in [0, 0.05) is 13.1 Å². The highest BCUT2D eigenvalue weighted by molar-refractivity contribution is 5.84. The maximum Gasteiger partial charge on any atom is 0.323 e. The van der Waals surface area contributed by atoms with E-state index >= 15 is 0 Å². The molecule has 0 aliphatic rings. The number of nitrogens with zero attached hydrogens (tertiary/aromatic N) is 4. The highest BCUT2D eigenvalue weighted by Crippen LogP contribution is 2.13. The Hall–Kier alpha value is -2.75. The first-order valence-electron chi connectivity index (χ1n) is 6.16. The van der Waals surface area contributed by atoms with Crippen molar-refractivity contribution in [3.63, 3.8) is 0 Å². The van der Waals surface area contributed by atoms with Gasteiger partial charge in [-0.25, -0.2) is 15.0 Å². The molecule has 0 aliphatic carbocycles. The van der Waals surface area contributed by atoms with Crippen molar-refractivity contribution >= 4 is 28.9 Å². The van der Waals surface area contributed by atoms with Gasteiger partial charge in [-0.2, -0.15) is 0 Å². The number of nitrogens with one attached hydrogen (secondary N) is 1. The molecule has 2 aromatic heterocycles. The third-order valence-corrected chi connectivity index (χ3v) is 2.75. The van der Waals surface area contributed by atoms with Crippen LogP contribution in [-0.4, -0.2) is 61.5 Å². The highest BCUT2D eigenvalue weighted by Gasteiger charge is 2.18. The molecule has 10 nitrogen and oxygen atoms in total. The highest BCUT2D eigenvalue weighted by atomic mass is 16.4. The largest absolute Gasteiger partial charge is 0.480 e. The van der Waals surface area contributed by atoms with Crippen molar-refractivity contribution in [1.82, 2.24) is 24.8 Å². The average Bonchev–Trinajstić information content (AvgIpc) is 2.86. The molecule has 0 fully saturated rings. The van der Waals surface area contributed by atoms with Crippen molar-refractivity contribution in [3.8, 4) is 0 Å². The zero-order valence-electron chi connectivity index (χ0n) is 11.1. The Morgan fingerprint density at radius 2 is 2.14 bits per heavy atom. The summed E-state index contributed by atoms with van der Waals surface area (Å²) in [5.41, 5.74) is 12.0. The number of aromatic nitrogens is 4. The first kappa shape index (κ1) is 14.7. The summed E-state index contributed by atoms with van der Waals surface area (Å²) < 4.78 is 0. The number of carboxylic acid groups (broad SMARTS) is 1. The van der Waals surface area contributed by atoms with Crippen molar-refractivity contribution in [2.24, 2.45) is 5.73 Å². The number of imidazole rings is 1. The van der Waals surface area contributed by atoms with Gasteiger partial charge in [0.25, 0.3) is 0 Å². The standard InChI is InChI=1S/C11H15N7O3/c12-1-2-18(4-8(20)21)7(19)3-6-16-10(13)9-11(17-6)15-5-14-9/h5H,1-4,12H2,(H,20,21)(H3,13,14,15,16,17). The summed E-state index contributed by atoms with van der Waals surface area (Å²) >= 11 is 0. The summed E-state index contributed by atoms with van der Waals surface area (Å²) in [6.07, 6.45) is 1.26. The lowest BCUT2D eigenvalue weighted by Crippen LogP contribution is -2.40. The van der Waals surface area contributed by atoms with Gasteiger partial charge < -0.3 is 26.5 Å². The molecule has 0 saturated heterocycles. The number of carbonyl (C=O) groups is 2. The van der Waals surface area contributed by atoms with Crippen LogP contribution in [0.25, 0.3) is 11.2 Å². The number of anilines is 1. The second-order valence-electron chi connectivity index (χ2n) is 4.30. The van der Waals surface area contributed by atoms with E-state index in [0.717, 1.165) is 4.90 Å². The van der Waals surface area contributed by atoms with Crippen LogP contribution in [0.3, 0.4) is 0 Å². The Balaban J connectivity index is 2.17. The lowest BCUT2D eigenvalue weighted by molar-refractivity contribution is -0.144. The van der Waals surface area contributed by atoms with Crippen LogP contribution in [0, 0.1) is 0 Å². The van der Waals surface area contributed by atoms with Crippen LogP contribution in [0.1, 0.15) is 5.82 Å². The lowest BCUT2D eigenvalue weighted by atomic mass is 10.3. The molecule has 6 N–H and O–H groups in total. The molecule has 0 aromatic carbocycles. The molecule has 2 rings (SSSR count). The van der Waals surface area contributed by atoms with Gasteiger partial charge in [-0.05, 0) is 0 Å². The van der Waals surface area contributed by atoms with E-state index in [9.17, 15) is 9.59 Å². The molecule has 1 amide bonds. The number of carbonyl (C=O) groups excluding carboxylic acids is 1. The van der Waals surface area contributed by atoms with Gasteiger partial charge in [0.05, 0.1) is 12.7 Å². The molecule has 0 saturated carbocycles. The Morgan fingerprint density at radius 3 is 2.81 bits per heavy atom. The minimum atomic E-state index is -1.11. The van der Waals surface area contributed by atoms with Crippen molar-refractivity contribution in [1.29, 1.82) is 0 Å². The molecule has 0 unspecified atom stereocenters. The van der Waals surface area contributed by atoms with Gasteiger partial charge in [-0.15, -0.1) is 0 Å². The van der Waals surface area contributed by atoms with Gasteiger partial charge in [0.1, 0.15) is 17.9 Å². The van der Waals surface area contributed by atoms with Crippen LogP contribution < -0.4 is 11.5 Å². The first-order valence-corrected chi connectivity index (χ1v) is 6.16. The SMILES string of the molecule is NCCN(CC(=O)O)C(=O)Cc1nc(N)c2[nH]cnc2n1. The fourth-order valence-electron chi connectivity index (χ4n) is 1.84. The van der Waals surface area contributed by atoms with Crippen molar-refractivity contribution in [2.75, 3.05) is 25.4 Å². The molecule has 10 heteroatoms. The molecular weight excluding hydrogens is 278 g/mol. The number of aromatic amines is 1. The second kappa shape index (κ2) is 6.13. The third-order valence-electron chi connectivity index (χ3n) is 2.75. The maximum atomic E-state index is 12.1. The van der Waals surface area contributed by atoms with E-state index in [1.807, 2.05) is 0 Å². The topological polar surface area (TPSA) is 164 Å². The van der Waals surface area contributed by atoms with Crippen LogP contribution >= 0.6 is 0 Å². The number of H-pyrrole nitrogens is 1. The van der Waals surface area contributed by atoms with Crippen LogP contribution in [0.15, 0.2) is 6.33 Å². The van der Waals surface area contributed by atoms with Crippen molar-refractivity contribution in [3.05, 3.63) is 12.2 Å². The zero-order valence-corrected chi connectivity index (χ0v) is 11.1. The van der Waals surface area contributed by atoms with E-state index in [1.165, 1.54) is 6.33 Å². The summed E-state index contributed by atoms with van der Waals surface area (Å²) in [5, 5.41) is 8.78. The minimum absolute atomic E-state index is 0.144. The second-order valence-corrected chi connectivity index (χ2v) is 4.30. The van der Waals surface area contributed by atoms with Gasteiger partial charge in [0.2, 0.25) is 5.91 Å². The molecule has 0 bridgehead atoms. The number of carboxylic acids is 1. The Kier molecular flexibility index (Phi) is 4.28. The smallest absolute Gasteiger partial charge is 0.323 e. The first-order chi connectivity index (χ1) is 10.0. The number of fused-ring (bicyclic) bond motifs is 1. The number of hydrogen-bond acceptors (Lipinski definition) is 7. The molecule has 0 aliphatic heterocycles. The Morgan fingerprint density at radius 1 is 1.38 bits per heavy atom. The summed E-state index contributed by atoms with van der Waals surface area (Å²) in [5.74, 6) is -1.18. The van der Waals surface area contributed by atoms with Gasteiger partial charge in [-0.1, -0.05) is 0 Å². The van der Waals surface area contributed by atoms with E-state index in [0.29, 0.717) is 11.2 Å². The van der Waals surface area contributed by atoms with Crippen molar-refractivity contribution in [2.45, 2.75) is 6.42 Å². The van der Waals surface area contributed by atoms with E-state index in [-0.39, 0.29) is 31.2 Å². The quantitative estimate of drug-likeness (QED) is 0.492. The molecular formula is C11H15N7O3. The predicted molar refractivity (Wildman–Crippen MR) is 73.1 cm³/mol. The number of nitrogens with two attached hydrogens (primary N) is 2. The molecule has 112 valence electrons.